The molecule has 2 aromatic carbocycles. The fraction of sp³-hybridized carbons (Fsp3) is 0.211. The Morgan fingerprint density at radius 3 is 2.54 bits per heavy atom. The van der Waals surface area contributed by atoms with Gasteiger partial charge in [-0.25, -0.2) is 4.79 Å². The van der Waals surface area contributed by atoms with Gasteiger partial charge in [-0.05, 0) is 36.8 Å². The lowest BCUT2D eigenvalue weighted by Crippen LogP contribution is -2.20. The molecule has 0 aliphatic rings. The van der Waals surface area contributed by atoms with Gasteiger partial charge in [-0.2, -0.15) is 0 Å². The normalized spacial score (nSPS) is 12.5. The van der Waals surface area contributed by atoms with E-state index in [9.17, 15) is 15.0 Å². The molecule has 0 bridgehead atoms. The Morgan fingerprint density at radius 1 is 1.23 bits per heavy atom. The van der Waals surface area contributed by atoms with Crippen LogP contribution < -0.4 is 0 Å². The Kier molecular flexibility index (Phi) is 5.28. The number of aliphatic hydroxyl groups is 1. The van der Waals surface area contributed by atoms with Crippen molar-refractivity contribution in [3.8, 4) is 11.4 Å². The SMILES string of the molecule is CC=CC(=O)OCC(O)Cc1ccc(-n2nc3ccccc3n2)c(O)c1. The maximum absolute atomic E-state index is 11.3. The number of esters is 1. The Labute approximate surface area is 150 Å². The van der Waals surface area contributed by atoms with Crippen molar-refractivity contribution in [3.63, 3.8) is 0 Å². The number of aromatic hydroxyl groups is 1. The van der Waals surface area contributed by atoms with Crippen molar-refractivity contribution in [3.05, 3.63) is 60.2 Å². The van der Waals surface area contributed by atoms with Gasteiger partial charge in [0.1, 0.15) is 29.1 Å². The van der Waals surface area contributed by atoms with E-state index in [2.05, 4.69) is 10.2 Å². The third kappa shape index (κ3) is 4.07. The van der Waals surface area contributed by atoms with Gasteiger partial charge in [-0.3, -0.25) is 0 Å². The zero-order valence-corrected chi connectivity index (χ0v) is 14.2. The van der Waals surface area contributed by atoms with Crippen LogP contribution in [0.25, 0.3) is 16.7 Å². The van der Waals surface area contributed by atoms with Crippen molar-refractivity contribution in [2.45, 2.75) is 19.4 Å². The van der Waals surface area contributed by atoms with Crippen LogP contribution in [0.5, 0.6) is 5.75 Å². The molecule has 3 rings (SSSR count). The van der Waals surface area contributed by atoms with E-state index in [-0.39, 0.29) is 18.8 Å². The number of phenols is 1. The van der Waals surface area contributed by atoms with E-state index in [1.165, 1.54) is 10.9 Å². The number of fused-ring (bicyclic) bond motifs is 1. The first-order chi connectivity index (χ1) is 12.6. The van der Waals surface area contributed by atoms with E-state index in [1.54, 1.807) is 31.2 Å². The van der Waals surface area contributed by atoms with Crippen LogP contribution in [-0.4, -0.2) is 43.9 Å². The van der Waals surface area contributed by atoms with Gasteiger partial charge in [-0.1, -0.05) is 24.3 Å². The van der Waals surface area contributed by atoms with Crippen LogP contribution in [0.4, 0.5) is 0 Å². The van der Waals surface area contributed by atoms with Crippen molar-refractivity contribution >= 4 is 17.0 Å². The van der Waals surface area contributed by atoms with Crippen LogP contribution in [0, 0.1) is 0 Å². The van der Waals surface area contributed by atoms with E-state index >= 15 is 0 Å². The second kappa shape index (κ2) is 7.79. The number of phenolic OH excluding ortho intramolecular Hbond substituents is 1. The molecule has 3 aromatic rings. The van der Waals surface area contributed by atoms with E-state index < -0.39 is 12.1 Å². The Hall–Kier alpha value is -3.19. The highest BCUT2D eigenvalue weighted by Gasteiger charge is 2.12. The monoisotopic (exact) mass is 353 g/mol. The number of nitrogens with zero attached hydrogens (tertiary/aromatic N) is 3. The van der Waals surface area contributed by atoms with Gasteiger partial charge in [0, 0.05) is 12.5 Å². The largest absolute Gasteiger partial charge is 0.506 e. The quantitative estimate of drug-likeness (QED) is 0.520. The van der Waals surface area contributed by atoms with Gasteiger partial charge in [-0.15, -0.1) is 15.0 Å². The molecule has 0 fully saturated rings. The summed E-state index contributed by atoms with van der Waals surface area (Å²) >= 11 is 0. The summed E-state index contributed by atoms with van der Waals surface area (Å²) < 4.78 is 4.91. The number of ether oxygens (including phenoxy) is 1. The first-order valence-electron chi connectivity index (χ1n) is 8.18. The van der Waals surface area contributed by atoms with E-state index in [0.29, 0.717) is 11.3 Å². The fourth-order valence-electron chi connectivity index (χ4n) is 2.53. The molecule has 0 saturated heterocycles. The molecule has 1 atom stereocenters. The molecule has 1 aromatic heterocycles. The van der Waals surface area contributed by atoms with Gasteiger partial charge >= 0.3 is 5.97 Å². The van der Waals surface area contributed by atoms with Crippen molar-refractivity contribution < 1.29 is 19.7 Å². The highest BCUT2D eigenvalue weighted by molar-refractivity contribution is 5.81. The van der Waals surface area contributed by atoms with Crippen LogP contribution in [0.15, 0.2) is 54.6 Å². The number of hydrogen-bond donors (Lipinski definition) is 2. The predicted octanol–water partition coefficient (Wildman–Crippen LogP) is 2.15. The fourth-order valence-corrected chi connectivity index (χ4v) is 2.53. The van der Waals surface area contributed by atoms with Crippen molar-refractivity contribution in [1.29, 1.82) is 0 Å². The van der Waals surface area contributed by atoms with Gasteiger partial charge in [0.2, 0.25) is 0 Å². The van der Waals surface area contributed by atoms with Crippen molar-refractivity contribution in [2.24, 2.45) is 0 Å². The molecule has 1 unspecified atom stereocenters. The summed E-state index contributed by atoms with van der Waals surface area (Å²) in [6.45, 7) is 1.59. The maximum Gasteiger partial charge on any atom is 0.330 e. The molecular weight excluding hydrogens is 334 g/mol. The molecule has 0 amide bonds. The molecule has 0 radical (unpaired) electrons. The summed E-state index contributed by atoms with van der Waals surface area (Å²) in [5.41, 5.74) is 2.61. The predicted molar refractivity (Wildman–Crippen MR) is 96.0 cm³/mol. The molecule has 1 heterocycles. The molecule has 26 heavy (non-hydrogen) atoms. The number of benzene rings is 2. The van der Waals surface area contributed by atoms with Gasteiger partial charge in [0.05, 0.1) is 6.10 Å². The minimum Gasteiger partial charge on any atom is -0.506 e. The molecule has 0 aliphatic carbocycles. The molecule has 7 heteroatoms. The maximum atomic E-state index is 11.3. The van der Waals surface area contributed by atoms with Gasteiger partial charge < -0.3 is 14.9 Å². The summed E-state index contributed by atoms with van der Waals surface area (Å²) in [4.78, 5) is 12.6. The average molecular weight is 353 g/mol. The lowest BCUT2D eigenvalue weighted by Gasteiger charge is -2.12. The Balaban J connectivity index is 1.70. The zero-order valence-electron chi connectivity index (χ0n) is 14.2. The standard InChI is InChI=1S/C19H19N3O4/c1-2-5-19(25)26-12-14(23)10-13-8-9-17(18(24)11-13)22-20-15-6-3-4-7-16(15)21-22/h2-9,11,14,23-24H,10,12H2,1H3. The van der Waals surface area contributed by atoms with E-state index in [4.69, 9.17) is 4.74 Å². The number of aromatic nitrogens is 3. The smallest absolute Gasteiger partial charge is 0.330 e. The molecule has 134 valence electrons. The minimum absolute atomic E-state index is 0.000849. The Bertz CT molecular complexity index is 916. The third-order valence-corrected chi connectivity index (χ3v) is 3.73. The lowest BCUT2D eigenvalue weighted by molar-refractivity contribution is -0.140. The minimum atomic E-state index is -0.861. The zero-order chi connectivity index (χ0) is 18.5. The highest BCUT2D eigenvalue weighted by atomic mass is 16.5. The number of carbonyl (C=O) groups excluding carboxylic acids is 1. The van der Waals surface area contributed by atoms with Crippen LogP contribution in [0.3, 0.4) is 0 Å². The molecule has 2 N–H and O–H groups in total. The first kappa shape index (κ1) is 17.6. The number of allylic oxidation sites excluding steroid dienone is 1. The summed E-state index contributed by atoms with van der Waals surface area (Å²) in [6.07, 6.45) is 2.23. The van der Waals surface area contributed by atoms with Crippen LogP contribution in [0.2, 0.25) is 0 Å². The molecule has 0 aliphatic heterocycles. The Morgan fingerprint density at radius 2 is 1.92 bits per heavy atom. The number of hydrogen-bond acceptors (Lipinski definition) is 6. The topological polar surface area (TPSA) is 97.5 Å². The molecule has 0 spiro atoms. The second-order valence-corrected chi connectivity index (χ2v) is 5.79. The van der Waals surface area contributed by atoms with Crippen LogP contribution in [0.1, 0.15) is 12.5 Å². The van der Waals surface area contributed by atoms with Gasteiger partial charge in [0.15, 0.2) is 0 Å². The number of carbonyl (C=O) groups is 1. The van der Waals surface area contributed by atoms with Crippen molar-refractivity contribution in [2.75, 3.05) is 6.61 Å². The lowest BCUT2D eigenvalue weighted by atomic mass is 10.1. The summed E-state index contributed by atoms with van der Waals surface area (Å²) in [6, 6.07) is 12.4. The van der Waals surface area contributed by atoms with E-state index in [1.807, 2.05) is 24.3 Å². The summed E-state index contributed by atoms with van der Waals surface area (Å²) in [5, 5.41) is 28.9. The number of rotatable bonds is 6. The van der Waals surface area contributed by atoms with Crippen LogP contribution >= 0.6 is 0 Å². The van der Waals surface area contributed by atoms with Gasteiger partial charge in [0.25, 0.3) is 0 Å². The average Bonchev–Trinajstić information content (AvgIpc) is 3.04. The number of aliphatic hydroxyl groups excluding tert-OH is 1. The molecular formula is C19H19N3O4. The van der Waals surface area contributed by atoms with Crippen molar-refractivity contribution in [1.82, 2.24) is 15.0 Å². The molecule has 7 nitrogen and oxygen atoms in total. The summed E-state index contributed by atoms with van der Waals surface area (Å²) in [7, 11) is 0. The van der Waals surface area contributed by atoms with Crippen LogP contribution in [-0.2, 0) is 16.0 Å². The van der Waals surface area contributed by atoms with E-state index in [0.717, 1.165) is 11.0 Å². The summed E-state index contributed by atoms with van der Waals surface area (Å²) in [5.74, 6) is -0.498. The second-order valence-electron chi connectivity index (χ2n) is 5.79. The first-order valence-corrected chi connectivity index (χ1v) is 8.18. The highest BCUT2D eigenvalue weighted by Crippen LogP contribution is 2.23. The third-order valence-electron chi connectivity index (χ3n) is 3.73. The molecule has 0 saturated carbocycles.